The zero-order valence-electron chi connectivity index (χ0n) is 10.4. The molecule has 0 heterocycles. The van der Waals surface area contributed by atoms with Crippen molar-refractivity contribution >= 4 is 49.4 Å². The SMILES string of the molecule is CCC(CBr)(CBr)NC(=O)c1ccc(C)cc1Cl. The van der Waals surface area contributed by atoms with Gasteiger partial charge >= 0.3 is 0 Å². The normalized spacial score (nSPS) is 11.4. The van der Waals surface area contributed by atoms with Crippen LogP contribution in [0.25, 0.3) is 0 Å². The Labute approximate surface area is 130 Å². The minimum atomic E-state index is -0.286. The summed E-state index contributed by atoms with van der Waals surface area (Å²) in [5, 5.41) is 4.91. The van der Waals surface area contributed by atoms with Gasteiger partial charge in [0.1, 0.15) is 0 Å². The Bertz CT molecular complexity index is 425. The lowest BCUT2D eigenvalue weighted by atomic mass is 10.0. The van der Waals surface area contributed by atoms with Crippen LogP contribution in [-0.4, -0.2) is 22.1 Å². The van der Waals surface area contributed by atoms with Crippen molar-refractivity contribution in [2.75, 3.05) is 10.7 Å². The molecule has 1 aromatic carbocycles. The fourth-order valence-corrected chi connectivity index (χ4v) is 3.82. The summed E-state index contributed by atoms with van der Waals surface area (Å²) < 4.78 is 0. The highest BCUT2D eigenvalue weighted by atomic mass is 79.9. The number of hydrogen-bond acceptors (Lipinski definition) is 1. The topological polar surface area (TPSA) is 29.1 Å². The Kier molecular flexibility index (Phi) is 6.15. The third-order valence-electron chi connectivity index (χ3n) is 2.94. The summed E-state index contributed by atoms with van der Waals surface area (Å²) in [6, 6.07) is 5.44. The summed E-state index contributed by atoms with van der Waals surface area (Å²) in [5.41, 5.74) is 1.27. The molecule has 1 aromatic rings. The van der Waals surface area contributed by atoms with E-state index in [9.17, 15) is 4.79 Å². The first kappa shape index (κ1) is 16.0. The first-order valence-corrected chi connectivity index (χ1v) is 8.30. The number of rotatable bonds is 5. The maximum absolute atomic E-state index is 12.2. The van der Waals surface area contributed by atoms with Crippen LogP contribution >= 0.6 is 43.5 Å². The monoisotopic (exact) mass is 395 g/mol. The number of amides is 1. The second-order valence-corrected chi connectivity index (χ2v) is 5.87. The van der Waals surface area contributed by atoms with Crippen molar-refractivity contribution in [3.05, 3.63) is 34.3 Å². The first-order chi connectivity index (χ1) is 8.48. The van der Waals surface area contributed by atoms with E-state index in [0.29, 0.717) is 21.2 Å². The molecule has 0 bridgehead atoms. The maximum Gasteiger partial charge on any atom is 0.253 e. The van der Waals surface area contributed by atoms with Gasteiger partial charge in [0.2, 0.25) is 0 Å². The van der Waals surface area contributed by atoms with Crippen LogP contribution in [0, 0.1) is 6.92 Å². The minimum absolute atomic E-state index is 0.138. The Morgan fingerprint density at radius 3 is 2.44 bits per heavy atom. The number of nitrogens with one attached hydrogen (secondary N) is 1. The summed E-state index contributed by atoms with van der Waals surface area (Å²) >= 11 is 13.0. The largest absolute Gasteiger partial charge is 0.345 e. The molecule has 0 aliphatic heterocycles. The Morgan fingerprint density at radius 2 is 2.00 bits per heavy atom. The maximum atomic E-state index is 12.2. The summed E-state index contributed by atoms with van der Waals surface area (Å²) in [4.78, 5) is 12.2. The minimum Gasteiger partial charge on any atom is -0.345 e. The van der Waals surface area contributed by atoms with Crippen LogP contribution < -0.4 is 5.32 Å². The highest BCUT2D eigenvalue weighted by Gasteiger charge is 2.28. The van der Waals surface area contributed by atoms with Crippen molar-refractivity contribution < 1.29 is 4.79 Å². The van der Waals surface area contributed by atoms with Crippen LogP contribution in [0.5, 0.6) is 0 Å². The molecule has 0 aromatic heterocycles. The van der Waals surface area contributed by atoms with Gasteiger partial charge in [0.15, 0.2) is 0 Å². The molecular formula is C13H16Br2ClNO. The smallest absolute Gasteiger partial charge is 0.253 e. The zero-order chi connectivity index (χ0) is 13.8. The lowest BCUT2D eigenvalue weighted by Gasteiger charge is -2.30. The molecule has 1 amide bonds. The molecule has 0 aliphatic carbocycles. The van der Waals surface area contributed by atoms with E-state index in [0.717, 1.165) is 12.0 Å². The molecule has 5 heteroatoms. The van der Waals surface area contributed by atoms with E-state index in [1.165, 1.54) is 0 Å². The van der Waals surface area contributed by atoms with Gasteiger partial charge in [-0.2, -0.15) is 0 Å². The van der Waals surface area contributed by atoms with Gasteiger partial charge in [-0.05, 0) is 31.0 Å². The molecule has 0 saturated heterocycles. The number of hydrogen-bond donors (Lipinski definition) is 1. The van der Waals surface area contributed by atoms with E-state index in [1.54, 1.807) is 12.1 Å². The molecule has 1 rings (SSSR count). The fourth-order valence-electron chi connectivity index (χ4n) is 1.49. The summed E-state index contributed by atoms with van der Waals surface area (Å²) in [7, 11) is 0. The van der Waals surface area contributed by atoms with Crippen molar-refractivity contribution in [3.63, 3.8) is 0 Å². The summed E-state index contributed by atoms with van der Waals surface area (Å²) in [6.07, 6.45) is 0.832. The molecule has 18 heavy (non-hydrogen) atoms. The van der Waals surface area contributed by atoms with Crippen LogP contribution in [-0.2, 0) is 0 Å². The molecule has 0 saturated carbocycles. The van der Waals surface area contributed by atoms with Crippen molar-refractivity contribution in [1.29, 1.82) is 0 Å². The van der Waals surface area contributed by atoms with Gasteiger partial charge in [-0.3, -0.25) is 4.79 Å². The second kappa shape index (κ2) is 6.92. The standard InChI is InChI=1S/C13H16Br2ClNO/c1-3-13(7-14,8-15)17-12(18)10-5-4-9(2)6-11(10)16/h4-6H,3,7-8H2,1-2H3,(H,17,18). The van der Waals surface area contributed by atoms with Crippen LogP contribution in [0.2, 0.25) is 5.02 Å². The predicted octanol–water partition coefficient (Wildman–Crippen LogP) is 4.32. The third kappa shape index (κ3) is 3.72. The third-order valence-corrected chi connectivity index (χ3v) is 5.40. The van der Waals surface area contributed by atoms with Crippen molar-refractivity contribution in [2.45, 2.75) is 25.8 Å². The molecular weight excluding hydrogens is 381 g/mol. The van der Waals surface area contributed by atoms with Gasteiger partial charge in [-0.15, -0.1) is 0 Å². The highest BCUT2D eigenvalue weighted by Crippen LogP contribution is 2.21. The van der Waals surface area contributed by atoms with E-state index >= 15 is 0 Å². The summed E-state index contributed by atoms with van der Waals surface area (Å²) in [6.45, 7) is 3.99. The van der Waals surface area contributed by atoms with Gasteiger partial charge in [0, 0.05) is 10.7 Å². The fraction of sp³-hybridized carbons (Fsp3) is 0.462. The van der Waals surface area contributed by atoms with Crippen LogP contribution in [0.4, 0.5) is 0 Å². The van der Waals surface area contributed by atoms with E-state index in [2.05, 4.69) is 37.2 Å². The van der Waals surface area contributed by atoms with Gasteiger partial charge in [-0.25, -0.2) is 0 Å². The molecule has 1 N–H and O–H groups in total. The molecule has 0 spiro atoms. The molecule has 0 aliphatic rings. The van der Waals surface area contributed by atoms with Gasteiger partial charge in [-0.1, -0.05) is 56.5 Å². The number of alkyl halides is 2. The predicted molar refractivity (Wildman–Crippen MR) is 84.3 cm³/mol. The highest BCUT2D eigenvalue weighted by molar-refractivity contribution is 9.09. The Morgan fingerprint density at radius 1 is 1.39 bits per heavy atom. The number of benzene rings is 1. The van der Waals surface area contributed by atoms with E-state index in [1.807, 2.05) is 19.9 Å². The molecule has 0 fully saturated rings. The lowest BCUT2D eigenvalue weighted by molar-refractivity contribution is 0.0915. The average Bonchev–Trinajstić information content (AvgIpc) is 2.36. The Hall–Kier alpha value is -0.0600. The number of carbonyl (C=O) groups excluding carboxylic acids is 1. The average molecular weight is 398 g/mol. The number of aryl methyl sites for hydroxylation is 1. The van der Waals surface area contributed by atoms with E-state index < -0.39 is 0 Å². The van der Waals surface area contributed by atoms with Crippen LogP contribution in [0.3, 0.4) is 0 Å². The Balaban J connectivity index is 2.94. The molecule has 0 atom stereocenters. The van der Waals surface area contributed by atoms with E-state index in [4.69, 9.17) is 11.6 Å². The lowest BCUT2D eigenvalue weighted by Crippen LogP contribution is -2.51. The van der Waals surface area contributed by atoms with Crippen molar-refractivity contribution in [3.8, 4) is 0 Å². The zero-order valence-corrected chi connectivity index (χ0v) is 14.3. The van der Waals surface area contributed by atoms with Crippen molar-refractivity contribution in [1.82, 2.24) is 5.32 Å². The molecule has 2 nitrogen and oxygen atoms in total. The van der Waals surface area contributed by atoms with Crippen LogP contribution in [0.1, 0.15) is 29.3 Å². The van der Waals surface area contributed by atoms with E-state index in [-0.39, 0.29) is 11.4 Å². The number of halogens is 3. The molecule has 0 unspecified atom stereocenters. The summed E-state index contributed by atoms with van der Waals surface area (Å²) in [5.74, 6) is -0.138. The van der Waals surface area contributed by atoms with Crippen LogP contribution in [0.15, 0.2) is 18.2 Å². The van der Waals surface area contributed by atoms with Gasteiger partial charge < -0.3 is 5.32 Å². The second-order valence-electron chi connectivity index (χ2n) is 4.34. The first-order valence-electron chi connectivity index (χ1n) is 5.68. The quantitative estimate of drug-likeness (QED) is 0.737. The molecule has 0 radical (unpaired) electrons. The van der Waals surface area contributed by atoms with Crippen molar-refractivity contribution in [2.24, 2.45) is 0 Å². The molecule has 100 valence electrons. The van der Waals surface area contributed by atoms with Gasteiger partial charge in [0.25, 0.3) is 5.91 Å². The van der Waals surface area contributed by atoms with Gasteiger partial charge in [0.05, 0.1) is 16.1 Å². The number of carbonyl (C=O) groups is 1.